The van der Waals surface area contributed by atoms with Crippen LogP contribution in [-0.2, 0) is 5.54 Å². The van der Waals surface area contributed by atoms with E-state index in [1.807, 2.05) is 0 Å². The van der Waals surface area contributed by atoms with Gasteiger partial charge in [0.2, 0.25) is 0 Å². The Morgan fingerprint density at radius 1 is 1.12 bits per heavy atom. The van der Waals surface area contributed by atoms with Crippen LogP contribution in [0.3, 0.4) is 0 Å². The van der Waals surface area contributed by atoms with Crippen molar-refractivity contribution in [2.24, 2.45) is 17.6 Å². The Morgan fingerprint density at radius 2 is 1.71 bits per heavy atom. The first-order chi connectivity index (χ1) is 7.90. The summed E-state index contributed by atoms with van der Waals surface area (Å²) in [5.74, 6) is 1.48. The van der Waals surface area contributed by atoms with E-state index >= 15 is 0 Å². The molecule has 94 valence electrons. The van der Waals surface area contributed by atoms with Crippen LogP contribution in [0.4, 0.5) is 0 Å². The maximum absolute atomic E-state index is 6.71. The summed E-state index contributed by atoms with van der Waals surface area (Å²) < 4.78 is 0. The molecular formula is C16H25N. The van der Waals surface area contributed by atoms with Gasteiger partial charge in [0.15, 0.2) is 0 Å². The number of benzene rings is 1. The predicted octanol–water partition coefficient (Wildman–Crippen LogP) is 3.91. The van der Waals surface area contributed by atoms with Gasteiger partial charge in [-0.25, -0.2) is 0 Å². The normalized spacial score (nSPS) is 33.7. The quantitative estimate of drug-likeness (QED) is 0.779. The molecule has 0 aliphatic heterocycles. The molecule has 0 amide bonds. The molecule has 1 aromatic rings. The summed E-state index contributed by atoms with van der Waals surface area (Å²) in [6, 6.07) is 6.70. The van der Waals surface area contributed by atoms with Crippen molar-refractivity contribution in [1.82, 2.24) is 0 Å². The first-order valence-electron chi connectivity index (χ1n) is 6.77. The summed E-state index contributed by atoms with van der Waals surface area (Å²) in [6.07, 6.45) is 3.58. The van der Waals surface area contributed by atoms with E-state index in [4.69, 9.17) is 5.73 Å². The Morgan fingerprint density at radius 3 is 2.24 bits per heavy atom. The molecule has 2 rings (SSSR count). The molecule has 1 aliphatic rings. The lowest BCUT2D eigenvalue weighted by Gasteiger charge is -2.41. The average molecular weight is 231 g/mol. The van der Waals surface area contributed by atoms with Crippen molar-refractivity contribution in [2.45, 2.75) is 52.5 Å². The molecule has 1 aromatic carbocycles. The van der Waals surface area contributed by atoms with E-state index in [0.29, 0.717) is 0 Å². The highest BCUT2D eigenvalue weighted by Crippen LogP contribution is 2.41. The highest BCUT2D eigenvalue weighted by molar-refractivity contribution is 5.36. The van der Waals surface area contributed by atoms with Crippen LogP contribution in [0.5, 0.6) is 0 Å². The second kappa shape index (κ2) is 4.45. The van der Waals surface area contributed by atoms with Crippen molar-refractivity contribution in [3.05, 3.63) is 34.9 Å². The zero-order chi connectivity index (χ0) is 12.6. The first-order valence-corrected chi connectivity index (χ1v) is 6.77. The lowest BCUT2D eigenvalue weighted by molar-refractivity contribution is 0.183. The second-order valence-electron chi connectivity index (χ2n) is 6.33. The van der Waals surface area contributed by atoms with Gasteiger partial charge < -0.3 is 5.73 Å². The zero-order valence-electron chi connectivity index (χ0n) is 11.6. The highest BCUT2D eigenvalue weighted by Gasteiger charge is 2.36. The summed E-state index contributed by atoms with van der Waals surface area (Å²) in [7, 11) is 0. The molecule has 2 atom stereocenters. The molecule has 0 saturated heterocycles. The highest BCUT2D eigenvalue weighted by atomic mass is 14.8. The lowest BCUT2D eigenvalue weighted by Crippen LogP contribution is -2.44. The summed E-state index contributed by atoms with van der Waals surface area (Å²) >= 11 is 0. The van der Waals surface area contributed by atoms with Crippen LogP contribution >= 0.6 is 0 Å². The van der Waals surface area contributed by atoms with Gasteiger partial charge in [0.05, 0.1) is 0 Å². The van der Waals surface area contributed by atoms with Gasteiger partial charge in [0.1, 0.15) is 0 Å². The van der Waals surface area contributed by atoms with Gasteiger partial charge in [0.25, 0.3) is 0 Å². The van der Waals surface area contributed by atoms with Gasteiger partial charge >= 0.3 is 0 Å². The van der Waals surface area contributed by atoms with E-state index in [1.54, 1.807) is 0 Å². The monoisotopic (exact) mass is 231 g/mol. The maximum Gasteiger partial charge on any atom is 0.0417 e. The van der Waals surface area contributed by atoms with Crippen LogP contribution in [0.1, 0.15) is 49.8 Å². The van der Waals surface area contributed by atoms with Crippen LogP contribution in [0.2, 0.25) is 0 Å². The van der Waals surface area contributed by atoms with E-state index < -0.39 is 0 Å². The number of nitrogens with two attached hydrogens (primary N) is 1. The minimum Gasteiger partial charge on any atom is -0.321 e. The summed E-state index contributed by atoms with van der Waals surface area (Å²) in [5, 5.41) is 0. The van der Waals surface area contributed by atoms with E-state index in [2.05, 4.69) is 45.9 Å². The van der Waals surface area contributed by atoms with Gasteiger partial charge in [-0.3, -0.25) is 0 Å². The fourth-order valence-electron chi connectivity index (χ4n) is 3.77. The maximum atomic E-state index is 6.71. The van der Waals surface area contributed by atoms with Crippen LogP contribution in [-0.4, -0.2) is 0 Å². The van der Waals surface area contributed by atoms with Gasteiger partial charge in [-0.2, -0.15) is 0 Å². The van der Waals surface area contributed by atoms with Gasteiger partial charge in [-0.05, 0) is 56.1 Å². The fraction of sp³-hybridized carbons (Fsp3) is 0.625. The Balaban J connectivity index is 2.36. The zero-order valence-corrected chi connectivity index (χ0v) is 11.6. The van der Waals surface area contributed by atoms with E-state index in [1.165, 1.54) is 23.1 Å². The van der Waals surface area contributed by atoms with E-state index in [-0.39, 0.29) is 5.54 Å². The van der Waals surface area contributed by atoms with Gasteiger partial charge in [-0.1, -0.05) is 37.6 Å². The predicted molar refractivity (Wildman–Crippen MR) is 74.0 cm³/mol. The van der Waals surface area contributed by atoms with Crippen molar-refractivity contribution in [3.8, 4) is 0 Å². The standard InChI is InChI=1S/C16H25N/c1-11-5-6-15(14(4)8-11)16(17)9-12(2)7-13(3)10-16/h5-6,8,12-13H,7,9-10,17H2,1-4H3. The number of hydrogen-bond donors (Lipinski definition) is 1. The molecule has 0 spiro atoms. The Bertz CT molecular complexity index is 398. The van der Waals surface area contributed by atoms with Crippen LogP contribution < -0.4 is 5.73 Å². The molecule has 0 aromatic heterocycles. The molecule has 1 nitrogen and oxygen atoms in total. The van der Waals surface area contributed by atoms with Crippen molar-refractivity contribution in [3.63, 3.8) is 0 Å². The van der Waals surface area contributed by atoms with Crippen LogP contribution in [0, 0.1) is 25.7 Å². The topological polar surface area (TPSA) is 26.0 Å². The summed E-state index contributed by atoms with van der Waals surface area (Å²) in [5.41, 5.74) is 10.7. The van der Waals surface area contributed by atoms with Crippen LogP contribution in [0.25, 0.3) is 0 Å². The van der Waals surface area contributed by atoms with Gasteiger partial charge in [0, 0.05) is 5.54 Å². The molecule has 0 heterocycles. The number of hydrogen-bond acceptors (Lipinski definition) is 1. The minimum absolute atomic E-state index is 0.102. The van der Waals surface area contributed by atoms with Crippen molar-refractivity contribution >= 4 is 0 Å². The van der Waals surface area contributed by atoms with Crippen LogP contribution in [0.15, 0.2) is 18.2 Å². The SMILES string of the molecule is Cc1ccc(C2(N)CC(C)CC(C)C2)c(C)c1. The average Bonchev–Trinajstić information content (AvgIpc) is 2.13. The third kappa shape index (κ3) is 2.55. The molecular weight excluding hydrogens is 206 g/mol. The Labute approximate surface area is 105 Å². The second-order valence-corrected chi connectivity index (χ2v) is 6.33. The fourth-order valence-corrected chi connectivity index (χ4v) is 3.77. The minimum atomic E-state index is -0.102. The van der Waals surface area contributed by atoms with E-state index in [0.717, 1.165) is 24.7 Å². The van der Waals surface area contributed by atoms with Crippen molar-refractivity contribution in [1.29, 1.82) is 0 Å². The molecule has 1 saturated carbocycles. The third-order valence-electron chi connectivity index (χ3n) is 4.15. The van der Waals surface area contributed by atoms with Gasteiger partial charge in [-0.15, -0.1) is 0 Å². The Hall–Kier alpha value is -0.820. The summed E-state index contributed by atoms with van der Waals surface area (Å²) in [6.45, 7) is 9.01. The third-order valence-corrected chi connectivity index (χ3v) is 4.15. The molecule has 0 bridgehead atoms. The molecule has 0 radical (unpaired) electrons. The van der Waals surface area contributed by atoms with Crippen molar-refractivity contribution < 1.29 is 0 Å². The number of rotatable bonds is 1. The smallest absolute Gasteiger partial charge is 0.0417 e. The summed E-state index contributed by atoms with van der Waals surface area (Å²) in [4.78, 5) is 0. The Kier molecular flexibility index (Phi) is 3.31. The largest absolute Gasteiger partial charge is 0.321 e. The lowest BCUT2D eigenvalue weighted by atomic mass is 9.68. The molecule has 17 heavy (non-hydrogen) atoms. The first kappa shape index (κ1) is 12.6. The molecule has 2 unspecified atom stereocenters. The number of aryl methyl sites for hydroxylation is 2. The molecule has 1 heteroatoms. The molecule has 2 N–H and O–H groups in total. The molecule has 1 aliphatic carbocycles. The molecule has 1 fully saturated rings. The van der Waals surface area contributed by atoms with Crippen molar-refractivity contribution in [2.75, 3.05) is 0 Å². The van der Waals surface area contributed by atoms with E-state index in [9.17, 15) is 0 Å².